The molecule has 0 spiro atoms. The molecule has 3 aromatic heterocycles. The molecule has 0 bridgehead atoms. The molecule has 1 amide bonds. The van der Waals surface area contributed by atoms with Crippen molar-refractivity contribution in [2.75, 3.05) is 13.1 Å². The van der Waals surface area contributed by atoms with Crippen LogP contribution in [0, 0.1) is 6.92 Å². The SMILES string of the molecule is Cc1ccc2nc(CNC(=O)[C@H](c3cccnc3)N3CCCC3)cn2c1. The lowest BCUT2D eigenvalue weighted by Crippen LogP contribution is -2.39. The van der Waals surface area contributed by atoms with E-state index in [0.29, 0.717) is 6.54 Å². The Morgan fingerprint density at radius 2 is 2.08 bits per heavy atom. The Kier molecular flexibility index (Phi) is 4.67. The summed E-state index contributed by atoms with van der Waals surface area (Å²) in [5.74, 6) is 0.00753. The van der Waals surface area contributed by atoms with Gasteiger partial charge >= 0.3 is 0 Å². The van der Waals surface area contributed by atoms with Gasteiger partial charge < -0.3 is 9.72 Å². The maximum absolute atomic E-state index is 13.0. The number of hydrogen-bond acceptors (Lipinski definition) is 4. The van der Waals surface area contributed by atoms with Gasteiger partial charge in [-0.3, -0.25) is 14.7 Å². The van der Waals surface area contributed by atoms with Gasteiger partial charge in [-0.05, 0) is 56.1 Å². The van der Waals surface area contributed by atoms with Crippen LogP contribution in [0.3, 0.4) is 0 Å². The summed E-state index contributed by atoms with van der Waals surface area (Å²) < 4.78 is 2.00. The smallest absolute Gasteiger partial charge is 0.242 e. The minimum atomic E-state index is -0.287. The molecule has 1 aliphatic rings. The molecular weight excluding hydrogens is 326 g/mol. The number of pyridine rings is 2. The van der Waals surface area contributed by atoms with Gasteiger partial charge in [-0.15, -0.1) is 0 Å². The van der Waals surface area contributed by atoms with Crippen LogP contribution >= 0.6 is 0 Å². The summed E-state index contributed by atoms with van der Waals surface area (Å²) in [5, 5.41) is 3.07. The third-order valence-corrected chi connectivity index (χ3v) is 4.85. The molecular formula is C20H23N5O. The lowest BCUT2D eigenvalue weighted by Gasteiger charge is -2.26. The van der Waals surface area contributed by atoms with E-state index >= 15 is 0 Å². The summed E-state index contributed by atoms with van der Waals surface area (Å²) in [6.07, 6.45) is 9.80. The van der Waals surface area contributed by atoms with Crippen LogP contribution in [0.5, 0.6) is 0 Å². The van der Waals surface area contributed by atoms with Gasteiger partial charge in [-0.25, -0.2) is 4.98 Å². The van der Waals surface area contributed by atoms with E-state index in [1.54, 1.807) is 12.4 Å². The second-order valence-electron chi connectivity index (χ2n) is 6.85. The number of nitrogens with one attached hydrogen (secondary N) is 1. The number of carbonyl (C=O) groups is 1. The predicted octanol–water partition coefficient (Wildman–Crippen LogP) is 2.49. The van der Waals surface area contributed by atoms with Gasteiger partial charge in [0.25, 0.3) is 0 Å². The minimum Gasteiger partial charge on any atom is -0.349 e. The summed E-state index contributed by atoms with van der Waals surface area (Å²) >= 11 is 0. The fraction of sp³-hybridized carbons (Fsp3) is 0.350. The zero-order valence-corrected chi connectivity index (χ0v) is 14.9. The second-order valence-corrected chi connectivity index (χ2v) is 6.85. The Morgan fingerprint density at radius 3 is 2.85 bits per heavy atom. The number of amides is 1. The van der Waals surface area contributed by atoms with E-state index < -0.39 is 0 Å². The summed E-state index contributed by atoms with van der Waals surface area (Å²) in [4.78, 5) is 24.0. The normalized spacial score (nSPS) is 16.0. The topological polar surface area (TPSA) is 62.5 Å². The molecule has 1 aliphatic heterocycles. The first-order valence-corrected chi connectivity index (χ1v) is 9.06. The van der Waals surface area contributed by atoms with Crippen molar-refractivity contribution in [2.45, 2.75) is 32.4 Å². The molecule has 3 aromatic rings. The van der Waals surface area contributed by atoms with Crippen LogP contribution in [0.1, 0.15) is 35.7 Å². The molecule has 0 aromatic carbocycles. The van der Waals surface area contributed by atoms with Crippen molar-refractivity contribution in [1.29, 1.82) is 0 Å². The van der Waals surface area contributed by atoms with E-state index in [1.807, 2.05) is 41.1 Å². The Labute approximate surface area is 152 Å². The van der Waals surface area contributed by atoms with Crippen molar-refractivity contribution in [3.8, 4) is 0 Å². The van der Waals surface area contributed by atoms with Crippen LogP contribution < -0.4 is 5.32 Å². The Bertz CT molecular complexity index is 899. The molecule has 1 fully saturated rings. The van der Waals surface area contributed by atoms with Crippen LogP contribution in [0.4, 0.5) is 0 Å². The summed E-state index contributed by atoms with van der Waals surface area (Å²) in [6.45, 7) is 4.36. The zero-order valence-electron chi connectivity index (χ0n) is 14.9. The van der Waals surface area contributed by atoms with E-state index in [-0.39, 0.29) is 11.9 Å². The zero-order chi connectivity index (χ0) is 17.9. The number of imidazole rings is 1. The standard InChI is InChI=1S/C20H23N5O/c1-15-6-7-18-23-17(14-25(18)13-15)12-22-20(26)19(24-9-2-3-10-24)16-5-4-8-21-11-16/h4-8,11,13-14,19H,2-3,9-10,12H2,1H3,(H,22,26)/t19-/m0/s1. The fourth-order valence-electron chi connectivity index (χ4n) is 3.58. The average Bonchev–Trinajstić information content (AvgIpc) is 3.30. The predicted molar refractivity (Wildman–Crippen MR) is 99.6 cm³/mol. The van der Waals surface area contributed by atoms with Crippen LogP contribution in [-0.2, 0) is 11.3 Å². The highest BCUT2D eigenvalue weighted by atomic mass is 16.2. The molecule has 6 heteroatoms. The lowest BCUT2D eigenvalue weighted by atomic mass is 10.1. The Morgan fingerprint density at radius 1 is 1.23 bits per heavy atom. The molecule has 0 aliphatic carbocycles. The number of nitrogens with zero attached hydrogens (tertiary/aromatic N) is 4. The van der Waals surface area contributed by atoms with Crippen LogP contribution in [-0.4, -0.2) is 38.3 Å². The molecule has 4 rings (SSSR count). The molecule has 4 heterocycles. The molecule has 0 unspecified atom stereocenters. The van der Waals surface area contributed by atoms with Gasteiger partial charge in [0.2, 0.25) is 5.91 Å². The van der Waals surface area contributed by atoms with E-state index in [9.17, 15) is 4.79 Å². The van der Waals surface area contributed by atoms with Crippen molar-refractivity contribution in [3.05, 3.63) is 65.9 Å². The minimum absolute atomic E-state index is 0.00753. The van der Waals surface area contributed by atoms with Crippen molar-refractivity contribution in [2.24, 2.45) is 0 Å². The number of fused-ring (bicyclic) bond motifs is 1. The van der Waals surface area contributed by atoms with Crippen LogP contribution in [0.25, 0.3) is 5.65 Å². The number of aromatic nitrogens is 3. The van der Waals surface area contributed by atoms with Crippen molar-refractivity contribution < 1.29 is 4.79 Å². The van der Waals surface area contributed by atoms with E-state index in [4.69, 9.17) is 0 Å². The first-order valence-electron chi connectivity index (χ1n) is 9.06. The van der Waals surface area contributed by atoms with Crippen molar-refractivity contribution in [3.63, 3.8) is 0 Å². The number of rotatable bonds is 5. The van der Waals surface area contributed by atoms with Crippen molar-refractivity contribution in [1.82, 2.24) is 24.6 Å². The highest BCUT2D eigenvalue weighted by Crippen LogP contribution is 2.24. The van der Waals surface area contributed by atoms with E-state index in [0.717, 1.165) is 42.8 Å². The number of likely N-dealkylation sites (tertiary alicyclic amines) is 1. The molecule has 1 N–H and O–H groups in total. The molecule has 134 valence electrons. The Balaban J connectivity index is 1.50. The van der Waals surface area contributed by atoms with Gasteiger partial charge in [0.1, 0.15) is 11.7 Å². The lowest BCUT2D eigenvalue weighted by molar-refractivity contribution is -0.126. The maximum Gasteiger partial charge on any atom is 0.242 e. The molecule has 0 saturated carbocycles. The molecule has 6 nitrogen and oxygen atoms in total. The summed E-state index contributed by atoms with van der Waals surface area (Å²) in [5.41, 5.74) is 3.87. The second kappa shape index (κ2) is 7.25. The highest BCUT2D eigenvalue weighted by Gasteiger charge is 2.29. The summed E-state index contributed by atoms with van der Waals surface area (Å²) in [7, 11) is 0. The van der Waals surface area contributed by atoms with Crippen LogP contribution in [0.15, 0.2) is 49.1 Å². The molecule has 26 heavy (non-hydrogen) atoms. The largest absolute Gasteiger partial charge is 0.349 e. The molecule has 1 saturated heterocycles. The quantitative estimate of drug-likeness (QED) is 0.769. The van der Waals surface area contributed by atoms with Gasteiger partial charge in [-0.1, -0.05) is 12.1 Å². The molecule has 1 atom stereocenters. The van der Waals surface area contributed by atoms with Gasteiger partial charge in [-0.2, -0.15) is 0 Å². The monoisotopic (exact) mass is 349 g/mol. The van der Waals surface area contributed by atoms with Gasteiger partial charge in [0, 0.05) is 24.8 Å². The van der Waals surface area contributed by atoms with Crippen molar-refractivity contribution >= 4 is 11.6 Å². The van der Waals surface area contributed by atoms with E-state index in [1.165, 1.54) is 5.56 Å². The third-order valence-electron chi connectivity index (χ3n) is 4.85. The number of carbonyl (C=O) groups excluding carboxylic acids is 1. The number of hydrogen-bond donors (Lipinski definition) is 1. The van der Waals surface area contributed by atoms with E-state index in [2.05, 4.69) is 27.1 Å². The van der Waals surface area contributed by atoms with Crippen LogP contribution in [0.2, 0.25) is 0 Å². The third kappa shape index (κ3) is 3.46. The highest BCUT2D eigenvalue weighted by molar-refractivity contribution is 5.83. The first kappa shape index (κ1) is 16.7. The number of aryl methyl sites for hydroxylation is 1. The molecule has 0 radical (unpaired) electrons. The maximum atomic E-state index is 13.0. The van der Waals surface area contributed by atoms with Gasteiger partial charge in [0.05, 0.1) is 12.2 Å². The average molecular weight is 349 g/mol. The first-order chi connectivity index (χ1) is 12.7. The fourth-order valence-corrected chi connectivity index (χ4v) is 3.58. The van der Waals surface area contributed by atoms with Gasteiger partial charge in [0.15, 0.2) is 0 Å². The Hall–Kier alpha value is -2.73. The summed E-state index contributed by atoms with van der Waals surface area (Å²) in [6, 6.07) is 7.60.